The molecule has 4 heterocycles. The third kappa shape index (κ3) is 30.5. The minimum atomic E-state index is -1.99. The van der Waals surface area contributed by atoms with Crippen LogP contribution in [0.5, 0.6) is 23.0 Å². The fourth-order valence-electron chi connectivity index (χ4n) is 13.7. The molecule has 18 amide bonds. The molecular formula is C83H109N25O28. The molecule has 136 heavy (non-hydrogen) atoms. The lowest BCUT2D eigenvalue weighted by molar-refractivity contribution is -0.142. The lowest BCUT2D eigenvalue weighted by atomic mass is 9.77. The molecule has 734 valence electrons. The summed E-state index contributed by atoms with van der Waals surface area (Å²) in [6.45, 7) is 8.17. The van der Waals surface area contributed by atoms with Crippen LogP contribution in [0.15, 0.2) is 79.6 Å². The van der Waals surface area contributed by atoms with Crippen molar-refractivity contribution in [2.24, 2.45) is 23.1 Å². The number of imidazole rings is 2. The van der Waals surface area contributed by atoms with Gasteiger partial charge in [0, 0.05) is 92.5 Å². The molecule has 30 N–H and O–H groups in total. The summed E-state index contributed by atoms with van der Waals surface area (Å²) < 4.78 is 12.1. The van der Waals surface area contributed by atoms with Crippen molar-refractivity contribution >= 4 is 130 Å². The molecule has 0 radical (unpaired) electrons. The summed E-state index contributed by atoms with van der Waals surface area (Å²) in [6.07, 6.45) is -0.169. The number of amides is 18. The number of carboxylic acids is 3. The van der Waals surface area contributed by atoms with E-state index in [1.165, 1.54) is 107 Å². The van der Waals surface area contributed by atoms with E-state index in [-0.39, 0.29) is 107 Å². The van der Waals surface area contributed by atoms with E-state index in [4.69, 9.17) is 32.1 Å². The van der Waals surface area contributed by atoms with Crippen LogP contribution in [0.2, 0.25) is 0 Å². The summed E-state index contributed by atoms with van der Waals surface area (Å²) >= 11 is 0. The lowest BCUT2D eigenvalue weighted by Gasteiger charge is -2.36. The van der Waals surface area contributed by atoms with Gasteiger partial charge in [0.05, 0.1) is 42.6 Å². The van der Waals surface area contributed by atoms with Gasteiger partial charge in [0.25, 0.3) is 11.8 Å². The van der Waals surface area contributed by atoms with Crippen LogP contribution in [0.25, 0.3) is 0 Å². The second-order valence-corrected chi connectivity index (χ2v) is 31.9. The molecule has 5 aromatic rings. The molecule has 2 aliphatic heterocycles. The molecule has 2 aromatic heterocycles. The molecule has 0 aliphatic carbocycles. The SMILES string of the molecule is CC[C@H](C)[C@H](NC(=O)[C@H](CCC(=O)O)NC(=O)[C@H](C)NC(=O)[C@H](Cc1c[nH]cn1)NC(=O)[C@H](C)NC(=O)[C@H](C)NC(=O)[C@H](Cc1c[nH]cn1)NC(=O)N(C)NC(=O)[C@H](C)NC(=O)[C@H](CCC(N)=O)NC(=O)c1ccc2c(c1)C1(OC2=O)c2ccc(O)cc2Oc2cc(O)ccc21)C(=O)N[C@@H](CC(N)=O)C(=O)N[C@@H](CCC(=O)O)C(=O)N[C@@H](C)C(=O)NCC(=O)N[C@@H](CCCNC(=N)N)C(=O)O. The number of aromatic amines is 2. The van der Waals surface area contributed by atoms with Gasteiger partial charge in [-0.05, 0) is 115 Å². The maximum Gasteiger partial charge on any atom is 0.340 e. The highest BCUT2D eigenvalue weighted by Crippen LogP contribution is 2.57. The number of nitrogens with zero attached hydrogens (tertiary/aromatic N) is 3. The number of hydrazine groups is 1. The number of urea groups is 1. The molecule has 0 saturated heterocycles. The number of benzene rings is 3. The molecule has 3 aromatic carbocycles. The molecule has 0 bridgehead atoms. The molecule has 53 heteroatoms. The zero-order valence-corrected chi connectivity index (χ0v) is 74.7. The summed E-state index contributed by atoms with van der Waals surface area (Å²) in [5, 5.41) is 92.7. The summed E-state index contributed by atoms with van der Waals surface area (Å²) in [5.41, 5.74) is 17.5. The Hall–Kier alpha value is -16.6. The van der Waals surface area contributed by atoms with Gasteiger partial charge < -0.3 is 142 Å². The Balaban J connectivity index is 0.940. The summed E-state index contributed by atoms with van der Waals surface area (Å²) in [4.78, 5) is 295. The van der Waals surface area contributed by atoms with Gasteiger partial charge in [-0.25, -0.2) is 29.4 Å². The molecule has 14 atom stereocenters. The van der Waals surface area contributed by atoms with Crippen LogP contribution in [0.3, 0.4) is 0 Å². The van der Waals surface area contributed by atoms with Gasteiger partial charge in [0.15, 0.2) is 11.6 Å². The van der Waals surface area contributed by atoms with Gasteiger partial charge >= 0.3 is 29.9 Å². The maximum atomic E-state index is 14.3. The molecule has 0 unspecified atom stereocenters. The number of hydrogen-bond donors (Lipinski definition) is 27. The third-order valence-electron chi connectivity index (χ3n) is 21.3. The number of fused-ring (bicyclic) bond motifs is 6. The summed E-state index contributed by atoms with van der Waals surface area (Å²) in [6, 6.07) is -10.5. The average Bonchev–Trinajstić information content (AvgIpc) is 1.46. The van der Waals surface area contributed by atoms with Crippen molar-refractivity contribution in [3.8, 4) is 23.0 Å². The Morgan fingerprint density at radius 3 is 1.41 bits per heavy atom. The largest absolute Gasteiger partial charge is 0.508 e. The standard InChI is InChI=1S/C83H109N25O28/c1-9-36(2)65(78(130)104-57(30-61(85)112)77(129)102-52(19-22-63(114)115)73(125)95-37(3)66(118)91-33-62(113)99-54(79(131)132)11-10-24-90-81(86)87)106-74(126)53(20-23-64(116)117)100-68(120)40(6)97-75(127)55(26-43-31-88-34-92-43)103-69(121)39(5)94-67(119)38(4)96-76(128)56(27-44-32-89-35-93-44)105-82(134)108(8)107-70(122)41(7)98-72(124)51(18-21-60(84)111)101-71(123)42-12-15-47-50(25-42)83(136-80(47)133)48-16-13-45(109)28-58(48)135-59-29-46(110)14-17-49(59)83/h12-17,25,28-29,31-32,34-41,51-57,65,109-110H,9-11,18-24,26-27,30,33H2,1-8H3,(H2,84,111)(H2,85,112)(H,88,92)(H,89,93)(H,91,118)(H,94,119)(H,95,125)(H,96,128)(H,97,127)(H,98,124)(H,99,113)(H,100,120)(H,101,123)(H,102,129)(H,103,121)(H,104,130)(H,105,134)(H,106,126)(H,107,122)(H,114,115)(H,116,117)(H,131,132)(H4,86,87,90)/t36-,37-,38-,39-,40-,41-,51-,52-,53-,54-,55-,56-,57-,65-/m0/s1. The molecular weight excluding hydrogens is 1800 g/mol. The van der Waals surface area contributed by atoms with E-state index in [0.717, 1.165) is 20.9 Å². The zero-order chi connectivity index (χ0) is 101. The minimum Gasteiger partial charge on any atom is -0.508 e. The Kier molecular flexibility index (Phi) is 38.4. The van der Waals surface area contributed by atoms with E-state index in [1.54, 1.807) is 6.92 Å². The maximum absolute atomic E-state index is 14.3. The number of aromatic hydroxyl groups is 2. The summed E-state index contributed by atoms with van der Waals surface area (Å²) in [5.74, 6) is -24.0. The Morgan fingerprint density at radius 2 is 0.926 bits per heavy atom. The number of rotatable bonds is 50. The second kappa shape index (κ2) is 49.1. The Bertz CT molecular complexity index is 5290. The number of carbonyl (C=O) groups is 21. The van der Waals surface area contributed by atoms with Crippen molar-refractivity contribution in [2.75, 3.05) is 20.1 Å². The molecule has 1 spiro atoms. The van der Waals surface area contributed by atoms with Crippen LogP contribution in [0.1, 0.15) is 161 Å². The Labute approximate surface area is 773 Å². The number of H-pyrrole nitrogens is 2. The predicted octanol–water partition coefficient (Wildman–Crippen LogP) is -6.45. The number of primary amides is 2. The first kappa shape index (κ1) is 106. The molecule has 2 aliphatic rings. The lowest BCUT2D eigenvalue weighted by Crippen LogP contribution is -2.61. The number of carboxylic acid groups (broad SMARTS) is 3. The van der Waals surface area contributed by atoms with Gasteiger partial charge in [0.2, 0.25) is 82.7 Å². The molecule has 7 rings (SSSR count). The predicted molar refractivity (Wildman–Crippen MR) is 467 cm³/mol. The first-order chi connectivity index (χ1) is 64.1. The van der Waals surface area contributed by atoms with Crippen molar-refractivity contribution in [2.45, 2.75) is 210 Å². The first-order valence-corrected chi connectivity index (χ1v) is 42.3. The quantitative estimate of drug-likeness (QED) is 0.00566. The fourth-order valence-corrected chi connectivity index (χ4v) is 13.7. The smallest absolute Gasteiger partial charge is 0.340 e. The minimum absolute atomic E-state index is 0.0241. The van der Waals surface area contributed by atoms with Crippen molar-refractivity contribution < 1.29 is 136 Å². The van der Waals surface area contributed by atoms with E-state index in [9.17, 15) is 126 Å². The number of guanidine groups is 1. The van der Waals surface area contributed by atoms with Gasteiger partial charge in [-0.3, -0.25) is 97.1 Å². The van der Waals surface area contributed by atoms with Gasteiger partial charge in [-0.2, -0.15) is 0 Å². The van der Waals surface area contributed by atoms with Gasteiger partial charge in [-0.1, -0.05) is 20.3 Å². The third-order valence-corrected chi connectivity index (χ3v) is 21.3. The zero-order valence-electron chi connectivity index (χ0n) is 74.7. The van der Waals surface area contributed by atoms with Crippen molar-refractivity contribution in [1.29, 1.82) is 5.41 Å². The number of esters is 1. The normalized spacial score (nSPS) is 14.9. The monoisotopic (exact) mass is 1900 g/mol. The number of nitrogens with one attached hydrogen (secondary N) is 19. The number of phenolic OH excluding ortho intramolecular Hbond substituents is 2. The summed E-state index contributed by atoms with van der Waals surface area (Å²) in [7, 11) is 1.06. The molecule has 0 fully saturated rings. The van der Waals surface area contributed by atoms with Crippen molar-refractivity contribution in [3.63, 3.8) is 0 Å². The van der Waals surface area contributed by atoms with Crippen LogP contribution in [0, 0.1) is 11.3 Å². The number of carbonyl (C=O) groups excluding carboxylic acids is 18. The van der Waals surface area contributed by atoms with Gasteiger partial charge in [0.1, 0.15) is 102 Å². The first-order valence-electron chi connectivity index (χ1n) is 42.3. The highest BCUT2D eigenvalue weighted by atomic mass is 16.6. The number of aromatic nitrogens is 4. The number of ether oxygens (including phenoxy) is 2. The van der Waals surface area contributed by atoms with E-state index in [2.05, 4.69) is 105 Å². The number of aliphatic carboxylic acids is 3. The fraction of sp³-hybridized carbons (Fsp3) is 0.446. The van der Waals surface area contributed by atoms with Crippen LogP contribution in [-0.2, 0) is 109 Å². The number of nitrogens with two attached hydrogens (primary N) is 3. The van der Waals surface area contributed by atoms with E-state index < -0.39 is 266 Å². The van der Waals surface area contributed by atoms with Crippen LogP contribution >= 0.6 is 0 Å². The van der Waals surface area contributed by atoms with E-state index in [1.807, 2.05) is 0 Å². The van der Waals surface area contributed by atoms with E-state index in [0.29, 0.717) is 5.01 Å². The van der Waals surface area contributed by atoms with Gasteiger partial charge in [-0.15, -0.1) is 0 Å². The average molecular weight is 1900 g/mol. The van der Waals surface area contributed by atoms with Crippen molar-refractivity contribution in [3.05, 3.63) is 119 Å². The van der Waals surface area contributed by atoms with Crippen molar-refractivity contribution in [1.82, 2.24) is 110 Å². The Morgan fingerprint density at radius 1 is 0.478 bits per heavy atom. The van der Waals surface area contributed by atoms with E-state index >= 15 is 0 Å². The molecule has 0 saturated carbocycles. The topological polar surface area (TPSA) is 833 Å². The van der Waals surface area contributed by atoms with Crippen LogP contribution < -0.4 is 107 Å². The van der Waals surface area contributed by atoms with Crippen LogP contribution in [-0.4, -0.2) is 280 Å². The highest BCUT2D eigenvalue weighted by molar-refractivity contribution is 6.04. The molecule has 53 nitrogen and oxygen atoms in total. The van der Waals surface area contributed by atoms with Crippen LogP contribution in [0.4, 0.5) is 4.79 Å². The number of phenols is 2. The number of hydrogen-bond acceptors (Lipinski definition) is 28. The highest BCUT2D eigenvalue weighted by Gasteiger charge is 2.54. The second-order valence-electron chi connectivity index (χ2n) is 31.9.